The first kappa shape index (κ1) is 25.3. The molecule has 2 saturated carbocycles. The monoisotopic (exact) mass is 487 g/mol. The number of alkyl halides is 3. The summed E-state index contributed by atoms with van der Waals surface area (Å²) in [6, 6.07) is 2.14. The van der Waals surface area contributed by atoms with Crippen molar-refractivity contribution >= 4 is 15.7 Å². The Balaban J connectivity index is 1.87. The predicted octanol–water partition coefficient (Wildman–Crippen LogP) is 3.12. The number of aromatic hydroxyl groups is 1. The van der Waals surface area contributed by atoms with Crippen molar-refractivity contribution < 1.29 is 31.5 Å². The summed E-state index contributed by atoms with van der Waals surface area (Å²) >= 11 is 0. The fourth-order valence-electron chi connectivity index (χ4n) is 4.38. The molecule has 0 bridgehead atoms. The van der Waals surface area contributed by atoms with E-state index >= 15 is 0 Å². The van der Waals surface area contributed by atoms with Crippen molar-refractivity contribution in [3.8, 4) is 11.8 Å². The van der Waals surface area contributed by atoms with Crippen molar-refractivity contribution in [1.29, 1.82) is 5.26 Å². The molecule has 1 amide bonds. The van der Waals surface area contributed by atoms with Crippen LogP contribution in [0.15, 0.2) is 24.3 Å². The Morgan fingerprint density at radius 2 is 1.76 bits per heavy atom. The van der Waals surface area contributed by atoms with E-state index in [0.717, 1.165) is 37.1 Å². The Hall–Kier alpha value is -2.32. The Morgan fingerprint density at radius 3 is 2.24 bits per heavy atom. The highest BCUT2D eigenvalue weighted by Gasteiger charge is 2.48. The number of hydrogen-bond acceptors (Lipinski definition) is 6. The molecule has 7 nitrogen and oxygen atoms in total. The van der Waals surface area contributed by atoms with Gasteiger partial charge in [-0.1, -0.05) is 31.9 Å². The van der Waals surface area contributed by atoms with Gasteiger partial charge in [-0.25, -0.2) is 8.42 Å². The summed E-state index contributed by atoms with van der Waals surface area (Å²) in [7, 11) is -3.90. The first-order valence-electron chi connectivity index (χ1n) is 10.8. The number of nitrogens with zero attached hydrogens (tertiary/aromatic N) is 1. The molecule has 182 valence electrons. The molecule has 0 heterocycles. The van der Waals surface area contributed by atoms with Gasteiger partial charge in [-0.2, -0.15) is 18.4 Å². The highest BCUT2D eigenvalue weighted by molar-refractivity contribution is 7.91. The summed E-state index contributed by atoms with van der Waals surface area (Å²) < 4.78 is 67.7. The number of rotatable bonds is 9. The molecular formula is C22H28F3N3O4S. The quantitative estimate of drug-likeness (QED) is 0.492. The van der Waals surface area contributed by atoms with Crippen LogP contribution in [0.1, 0.15) is 57.1 Å². The lowest BCUT2D eigenvalue weighted by Gasteiger charge is -2.29. The van der Waals surface area contributed by atoms with Gasteiger partial charge in [-0.15, -0.1) is 0 Å². The SMILES string of the molecule is CC1(CS(=O)(=O)C[C@H](N[C@@H](c2ccc(O)cc2)C(F)(F)F)C(=O)NC2(C#N)CC2)CCCC1. The largest absolute Gasteiger partial charge is 0.508 e. The minimum absolute atomic E-state index is 0.218. The lowest BCUT2D eigenvalue weighted by molar-refractivity contribution is -0.160. The third kappa shape index (κ3) is 6.60. The molecule has 0 unspecified atom stereocenters. The van der Waals surface area contributed by atoms with Crippen molar-refractivity contribution in [2.24, 2.45) is 5.41 Å². The number of sulfone groups is 1. The van der Waals surface area contributed by atoms with Gasteiger partial charge in [0.1, 0.15) is 23.4 Å². The van der Waals surface area contributed by atoms with E-state index in [1.165, 1.54) is 0 Å². The van der Waals surface area contributed by atoms with Gasteiger partial charge in [-0.3, -0.25) is 10.1 Å². The minimum atomic E-state index is -4.84. The molecule has 0 spiro atoms. The molecule has 3 rings (SSSR count). The summed E-state index contributed by atoms with van der Waals surface area (Å²) in [5.74, 6) is -2.22. The van der Waals surface area contributed by atoms with Crippen LogP contribution in [0, 0.1) is 16.7 Å². The van der Waals surface area contributed by atoms with Gasteiger partial charge in [0.25, 0.3) is 0 Å². The third-order valence-electron chi connectivity index (χ3n) is 6.36. The molecule has 3 N–H and O–H groups in total. The molecule has 33 heavy (non-hydrogen) atoms. The van der Waals surface area contributed by atoms with Crippen molar-refractivity contribution in [3.63, 3.8) is 0 Å². The Bertz CT molecular complexity index is 1010. The van der Waals surface area contributed by atoms with Gasteiger partial charge in [0.05, 0.1) is 17.6 Å². The molecule has 11 heteroatoms. The van der Waals surface area contributed by atoms with Crippen LogP contribution >= 0.6 is 0 Å². The summed E-state index contributed by atoms with van der Waals surface area (Å²) in [6.45, 7) is 1.84. The van der Waals surface area contributed by atoms with E-state index in [-0.39, 0.29) is 17.1 Å². The normalized spacial score (nSPS) is 21.1. The van der Waals surface area contributed by atoms with E-state index in [1.54, 1.807) is 0 Å². The molecule has 0 aromatic heterocycles. The number of halogens is 3. The molecule has 2 aliphatic rings. The summed E-state index contributed by atoms with van der Waals surface area (Å²) in [4.78, 5) is 12.9. The van der Waals surface area contributed by atoms with E-state index < -0.39 is 50.7 Å². The number of benzene rings is 1. The fraction of sp³-hybridized carbons (Fsp3) is 0.636. The van der Waals surface area contributed by atoms with Gasteiger partial charge in [0.2, 0.25) is 5.91 Å². The summed E-state index contributed by atoms with van der Waals surface area (Å²) in [5.41, 5.74) is -1.91. The molecule has 0 radical (unpaired) electrons. The number of carbonyl (C=O) groups is 1. The molecule has 0 saturated heterocycles. The van der Waals surface area contributed by atoms with E-state index in [9.17, 15) is 36.8 Å². The van der Waals surface area contributed by atoms with Crippen molar-refractivity contribution in [2.45, 2.75) is 69.2 Å². The lowest BCUT2D eigenvalue weighted by atomic mass is 9.92. The van der Waals surface area contributed by atoms with Gasteiger partial charge in [0.15, 0.2) is 9.84 Å². The van der Waals surface area contributed by atoms with Gasteiger partial charge >= 0.3 is 6.18 Å². The van der Waals surface area contributed by atoms with Gasteiger partial charge in [-0.05, 0) is 48.8 Å². The molecule has 1 aromatic rings. The van der Waals surface area contributed by atoms with E-state index in [0.29, 0.717) is 25.7 Å². The second-order valence-electron chi connectivity index (χ2n) is 9.54. The van der Waals surface area contributed by atoms with Crippen LogP contribution in [0.5, 0.6) is 5.75 Å². The summed E-state index contributed by atoms with van der Waals surface area (Å²) in [6.07, 6.45) is -0.963. The first-order valence-corrected chi connectivity index (χ1v) is 12.6. The number of amides is 1. The van der Waals surface area contributed by atoms with Crippen LogP contribution in [-0.2, 0) is 14.6 Å². The zero-order valence-corrected chi connectivity index (χ0v) is 19.1. The first-order chi connectivity index (χ1) is 15.3. The average molecular weight is 488 g/mol. The van der Waals surface area contributed by atoms with Gasteiger partial charge < -0.3 is 10.4 Å². The second kappa shape index (κ2) is 9.14. The predicted molar refractivity (Wildman–Crippen MR) is 115 cm³/mol. The van der Waals surface area contributed by atoms with E-state index in [1.807, 2.05) is 13.0 Å². The highest BCUT2D eigenvalue weighted by Crippen LogP contribution is 2.39. The molecule has 2 fully saturated rings. The number of phenolic OH excluding ortho intramolecular Hbond substituents is 1. The fourth-order valence-corrected chi connectivity index (χ4v) is 6.60. The molecule has 1 aromatic carbocycles. The topological polar surface area (TPSA) is 119 Å². The van der Waals surface area contributed by atoms with Crippen LogP contribution in [0.25, 0.3) is 0 Å². The highest BCUT2D eigenvalue weighted by atomic mass is 32.2. The van der Waals surface area contributed by atoms with Crippen LogP contribution in [0.3, 0.4) is 0 Å². The number of carbonyl (C=O) groups excluding carboxylic acids is 1. The second-order valence-corrected chi connectivity index (χ2v) is 11.7. The maximum absolute atomic E-state index is 13.9. The molecular weight excluding hydrogens is 459 g/mol. The van der Waals surface area contributed by atoms with E-state index in [2.05, 4.69) is 10.6 Å². The Labute approximate surface area is 191 Å². The smallest absolute Gasteiger partial charge is 0.407 e. The zero-order valence-electron chi connectivity index (χ0n) is 18.3. The van der Waals surface area contributed by atoms with Crippen molar-refractivity contribution in [2.75, 3.05) is 11.5 Å². The third-order valence-corrected chi connectivity index (χ3v) is 8.34. The molecule has 2 aliphatic carbocycles. The number of phenols is 1. The van der Waals surface area contributed by atoms with Crippen molar-refractivity contribution in [1.82, 2.24) is 10.6 Å². The lowest BCUT2D eigenvalue weighted by Crippen LogP contribution is -2.54. The number of nitrogens with one attached hydrogen (secondary N) is 2. The Kier molecular flexibility index (Phi) is 7.01. The molecule has 2 atom stereocenters. The van der Waals surface area contributed by atoms with Crippen LogP contribution in [-0.4, -0.2) is 48.7 Å². The molecule has 0 aliphatic heterocycles. The minimum Gasteiger partial charge on any atom is -0.508 e. The number of hydrogen-bond donors (Lipinski definition) is 3. The Morgan fingerprint density at radius 1 is 1.18 bits per heavy atom. The van der Waals surface area contributed by atoms with Crippen LogP contribution in [0.2, 0.25) is 0 Å². The van der Waals surface area contributed by atoms with Crippen molar-refractivity contribution in [3.05, 3.63) is 29.8 Å². The zero-order chi connectivity index (χ0) is 24.5. The van der Waals surface area contributed by atoms with Gasteiger partial charge in [0, 0.05) is 0 Å². The van der Waals surface area contributed by atoms with E-state index in [4.69, 9.17) is 0 Å². The van der Waals surface area contributed by atoms with Crippen LogP contribution < -0.4 is 10.6 Å². The average Bonchev–Trinajstić information content (AvgIpc) is 3.36. The number of nitriles is 1. The maximum Gasteiger partial charge on any atom is 0.407 e. The standard InChI is InChI=1S/C22H28F3N3O4S/c1-20(8-2-3-9-20)14-33(31,32)12-17(19(30)28-21(13-26)10-11-21)27-18(22(23,24)25)15-4-6-16(29)7-5-15/h4-7,17-18,27,29H,2-3,8-12,14H2,1H3,(H,28,30)/t17-,18-/m0/s1. The maximum atomic E-state index is 13.9. The summed E-state index contributed by atoms with van der Waals surface area (Å²) in [5, 5.41) is 23.3. The van der Waals surface area contributed by atoms with Crippen LogP contribution in [0.4, 0.5) is 13.2 Å².